The molecule has 1 fully saturated rings. The summed E-state index contributed by atoms with van der Waals surface area (Å²) in [7, 11) is 3.84. The zero-order valence-corrected chi connectivity index (χ0v) is 21.2. The molecule has 0 spiro atoms. The van der Waals surface area contributed by atoms with E-state index in [1.807, 2.05) is 18.2 Å². The molecular weight excluding hydrogens is 491 g/mol. The molecule has 7 nitrogen and oxygen atoms in total. The third-order valence-corrected chi connectivity index (χ3v) is 5.19. The first kappa shape index (κ1) is 26.6. The Labute approximate surface area is 199 Å². The highest BCUT2D eigenvalue weighted by molar-refractivity contribution is 14.0. The zero-order valence-electron chi connectivity index (χ0n) is 18.9. The number of halogens is 1. The number of carbonyl (C=O) groups excluding carboxylic acids is 1. The number of carbonyl (C=O) groups is 1. The molecule has 1 amide bonds. The van der Waals surface area contributed by atoms with Crippen LogP contribution in [0, 0.1) is 5.92 Å². The number of rotatable bonds is 9. The number of nitrogens with zero attached hydrogens (tertiary/aromatic N) is 3. The Morgan fingerprint density at radius 3 is 2.60 bits per heavy atom. The maximum atomic E-state index is 11.8. The normalized spacial score (nSPS) is 16.5. The minimum absolute atomic E-state index is 0. The summed E-state index contributed by atoms with van der Waals surface area (Å²) in [5, 5.41) is 9.41. The number of hydrogen-bond donors (Lipinski definition) is 3. The fourth-order valence-corrected chi connectivity index (χ4v) is 3.46. The standard InChI is InChI=1S/C22H38N6O.HI/c1-5-24-22(26-16-18(2)17-28-13-11-27(4)12-14-28)25-10-9-19-7-6-8-20(15-19)21(29)23-3;/h6-8,15,18H,5,9-14,16-17H2,1-4H3,(H,23,29)(H2,24,25,26);1H. The van der Waals surface area contributed by atoms with Crippen LogP contribution in [0.3, 0.4) is 0 Å². The van der Waals surface area contributed by atoms with Gasteiger partial charge in [0.05, 0.1) is 0 Å². The average molecular weight is 530 g/mol. The first-order chi connectivity index (χ1) is 14.0. The van der Waals surface area contributed by atoms with Crippen LogP contribution < -0.4 is 16.0 Å². The Hall–Kier alpha value is -1.39. The molecule has 170 valence electrons. The van der Waals surface area contributed by atoms with Gasteiger partial charge in [-0.05, 0) is 44.0 Å². The van der Waals surface area contributed by atoms with Crippen molar-refractivity contribution in [2.45, 2.75) is 20.3 Å². The Morgan fingerprint density at radius 2 is 1.93 bits per heavy atom. The van der Waals surface area contributed by atoms with E-state index in [9.17, 15) is 4.79 Å². The molecule has 1 unspecified atom stereocenters. The van der Waals surface area contributed by atoms with Crippen molar-refractivity contribution in [3.63, 3.8) is 0 Å². The highest BCUT2D eigenvalue weighted by Crippen LogP contribution is 2.06. The number of benzene rings is 1. The smallest absolute Gasteiger partial charge is 0.251 e. The number of amides is 1. The first-order valence-corrected chi connectivity index (χ1v) is 10.8. The Balaban J connectivity index is 0.00000450. The fourth-order valence-electron chi connectivity index (χ4n) is 3.46. The molecule has 3 N–H and O–H groups in total. The van der Waals surface area contributed by atoms with Crippen LogP contribution in [0.5, 0.6) is 0 Å². The van der Waals surface area contributed by atoms with Crippen molar-refractivity contribution in [2.75, 3.05) is 66.5 Å². The molecule has 1 aromatic rings. The molecule has 30 heavy (non-hydrogen) atoms. The fraction of sp³-hybridized carbons (Fsp3) is 0.636. The maximum Gasteiger partial charge on any atom is 0.251 e. The van der Waals surface area contributed by atoms with Crippen molar-refractivity contribution < 1.29 is 4.79 Å². The van der Waals surface area contributed by atoms with Gasteiger partial charge in [0.15, 0.2) is 5.96 Å². The molecule has 1 heterocycles. The van der Waals surface area contributed by atoms with Crippen LogP contribution in [0.2, 0.25) is 0 Å². The van der Waals surface area contributed by atoms with Crippen molar-refractivity contribution in [1.29, 1.82) is 0 Å². The number of hydrogen-bond acceptors (Lipinski definition) is 4. The summed E-state index contributed by atoms with van der Waals surface area (Å²) in [4.78, 5) is 21.5. The Morgan fingerprint density at radius 1 is 1.20 bits per heavy atom. The molecule has 1 atom stereocenters. The number of guanidine groups is 1. The summed E-state index contributed by atoms with van der Waals surface area (Å²) in [5.41, 5.74) is 1.83. The van der Waals surface area contributed by atoms with Gasteiger partial charge in [-0.15, -0.1) is 24.0 Å². The SMILES string of the molecule is CCNC(=NCC(C)CN1CCN(C)CC1)NCCc1cccc(C(=O)NC)c1.I. The van der Waals surface area contributed by atoms with E-state index in [1.54, 1.807) is 7.05 Å². The summed E-state index contributed by atoms with van der Waals surface area (Å²) in [6.07, 6.45) is 0.839. The van der Waals surface area contributed by atoms with Crippen LogP contribution in [-0.2, 0) is 6.42 Å². The molecule has 1 aliphatic heterocycles. The van der Waals surface area contributed by atoms with E-state index < -0.39 is 0 Å². The maximum absolute atomic E-state index is 11.8. The Bertz CT molecular complexity index is 661. The lowest BCUT2D eigenvalue weighted by molar-refractivity contribution is 0.0963. The van der Waals surface area contributed by atoms with Crippen LogP contribution in [0.1, 0.15) is 29.8 Å². The lowest BCUT2D eigenvalue weighted by atomic mass is 10.1. The zero-order chi connectivity index (χ0) is 21.1. The lowest BCUT2D eigenvalue weighted by Crippen LogP contribution is -2.46. The van der Waals surface area contributed by atoms with E-state index in [0.717, 1.165) is 70.3 Å². The van der Waals surface area contributed by atoms with E-state index >= 15 is 0 Å². The van der Waals surface area contributed by atoms with Crippen LogP contribution in [0.15, 0.2) is 29.3 Å². The molecule has 0 aromatic heterocycles. The van der Waals surface area contributed by atoms with E-state index in [2.05, 4.69) is 52.7 Å². The molecule has 1 aliphatic rings. The van der Waals surface area contributed by atoms with Gasteiger partial charge in [0.1, 0.15) is 0 Å². The van der Waals surface area contributed by atoms with Gasteiger partial charge < -0.3 is 25.8 Å². The van der Waals surface area contributed by atoms with E-state index in [-0.39, 0.29) is 29.9 Å². The van der Waals surface area contributed by atoms with Crippen molar-refractivity contribution in [2.24, 2.45) is 10.9 Å². The molecule has 0 aliphatic carbocycles. The molecule has 1 aromatic carbocycles. The van der Waals surface area contributed by atoms with Gasteiger partial charge in [0.25, 0.3) is 5.91 Å². The first-order valence-electron chi connectivity index (χ1n) is 10.8. The molecule has 0 radical (unpaired) electrons. The average Bonchev–Trinajstić information content (AvgIpc) is 2.73. The topological polar surface area (TPSA) is 72.0 Å². The number of nitrogens with one attached hydrogen (secondary N) is 3. The monoisotopic (exact) mass is 530 g/mol. The molecule has 2 rings (SSSR count). The van der Waals surface area contributed by atoms with Crippen molar-refractivity contribution >= 4 is 35.8 Å². The lowest BCUT2D eigenvalue weighted by Gasteiger charge is -2.33. The molecular formula is C22H39IN6O. The van der Waals surface area contributed by atoms with Crippen LogP contribution in [0.25, 0.3) is 0 Å². The molecule has 0 saturated carbocycles. The molecule has 0 bridgehead atoms. The largest absolute Gasteiger partial charge is 0.357 e. The number of likely N-dealkylation sites (N-methyl/N-ethyl adjacent to an activating group) is 1. The van der Waals surface area contributed by atoms with Gasteiger partial charge >= 0.3 is 0 Å². The summed E-state index contributed by atoms with van der Waals surface area (Å²) < 4.78 is 0. The minimum Gasteiger partial charge on any atom is -0.357 e. The van der Waals surface area contributed by atoms with Gasteiger partial charge in [0.2, 0.25) is 0 Å². The summed E-state index contributed by atoms with van der Waals surface area (Å²) in [6.45, 7) is 12.5. The van der Waals surface area contributed by atoms with Gasteiger partial charge in [-0.25, -0.2) is 0 Å². The third kappa shape index (κ3) is 9.61. The van der Waals surface area contributed by atoms with Crippen molar-refractivity contribution in [3.8, 4) is 0 Å². The van der Waals surface area contributed by atoms with E-state index in [4.69, 9.17) is 4.99 Å². The van der Waals surface area contributed by atoms with Gasteiger partial charge in [-0.2, -0.15) is 0 Å². The van der Waals surface area contributed by atoms with E-state index in [0.29, 0.717) is 11.5 Å². The predicted octanol–water partition coefficient (Wildman–Crippen LogP) is 1.65. The Kier molecular flexibility index (Phi) is 13.0. The molecule has 1 saturated heterocycles. The van der Waals surface area contributed by atoms with Crippen molar-refractivity contribution in [3.05, 3.63) is 35.4 Å². The molecule has 8 heteroatoms. The minimum atomic E-state index is -0.0518. The van der Waals surface area contributed by atoms with Crippen LogP contribution >= 0.6 is 24.0 Å². The van der Waals surface area contributed by atoms with Crippen LogP contribution in [-0.4, -0.2) is 88.1 Å². The highest BCUT2D eigenvalue weighted by Gasteiger charge is 2.16. The van der Waals surface area contributed by atoms with Crippen molar-refractivity contribution in [1.82, 2.24) is 25.8 Å². The predicted molar refractivity (Wildman–Crippen MR) is 136 cm³/mol. The number of aliphatic imine (C=N–C) groups is 1. The number of piperazine rings is 1. The second kappa shape index (κ2) is 14.6. The summed E-state index contributed by atoms with van der Waals surface area (Å²) in [6, 6.07) is 7.77. The van der Waals surface area contributed by atoms with E-state index in [1.165, 1.54) is 0 Å². The second-order valence-corrected chi connectivity index (χ2v) is 7.88. The van der Waals surface area contributed by atoms with Gasteiger partial charge in [-0.3, -0.25) is 9.79 Å². The quantitative estimate of drug-likeness (QED) is 0.257. The summed E-state index contributed by atoms with van der Waals surface area (Å²) in [5.74, 6) is 1.34. The highest BCUT2D eigenvalue weighted by atomic mass is 127. The van der Waals surface area contributed by atoms with Gasteiger partial charge in [0, 0.05) is 65.0 Å². The summed E-state index contributed by atoms with van der Waals surface area (Å²) >= 11 is 0. The second-order valence-electron chi connectivity index (χ2n) is 7.88. The van der Waals surface area contributed by atoms with Gasteiger partial charge in [-0.1, -0.05) is 19.1 Å². The third-order valence-electron chi connectivity index (χ3n) is 5.19. The van der Waals surface area contributed by atoms with Crippen LogP contribution in [0.4, 0.5) is 0 Å².